The van der Waals surface area contributed by atoms with E-state index in [-0.39, 0.29) is 17.3 Å². The Kier molecular flexibility index (Phi) is 6.05. The smallest absolute Gasteiger partial charge is 0.420 e. The predicted octanol–water partition coefficient (Wildman–Crippen LogP) is 4.12. The highest BCUT2D eigenvalue weighted by Gasteiger charge is 2.37. The molecule has 0 saturated heterocycles. The van der Waals surface area contributed by atoms with Crippen molar-refractivity contribution >= 4 is 21.4 Å². The van der Waals surface area contributed by atoms with Crippen molar-refractivity contribution in [3.8, 4) is 5.75 Å². The standard InChI is InChI=1S/C23H18F3N3O4S/c1-33-21-18(23(24,25)26)3-2-4-19(21)34(31,32)17-8-5-15(6-9-17)13-28-22(30)16-7-10-20-27-11-12-29(20)14-16/h2-12,14H,13H2,1H3,(H,28,30). The normalized spacial score (nSPS) is 12.0. The summed E-state index contributed by atoms with van der Waals surface area (Å²) in [7, 11) is -3.31. The summed E-state index contributed by atoms with van der Waals surface area (Å²) in [5.41, 5.74) is 0.545. The Bertz CT molecular complexity index is 1460. The van der Waals surface area contributed by atoms with Crippen LogP contribution in [0.2, 0.25) is 0 Å². The minimum absolute atomic E-state index is 0.119. The number of methoxy groups -OCH3 is 1. The molecule has 0 unspecified atom stereocenters. The van der Waals surface area contributed by atoms with Crippen LogP contribution < -0.4 is 10.1 Å². The van der Waals surface area contributed by atoms with Crippen LogP contribution in [0.25, 0.3) is 5.65 Å². The highest BCUT2D eigenvalue weighted by Crippen LogP contribution is 2.41. The fourth-order valence-electron chi connectivity index (χ4n) is 3.41. The number of fused-ring (bicyclic) bond motifs is 1. The van der Waals surface area contributed by atoms with E-state index >= 15 is 0 Å². The zero-order chi connectivity index (χ0) is 24.5. The first-order valence-electron chi connectivity index (χ1n) is 9.90. The number of pyridine rings is 1. The molecule has 0 aliphatic carbocycles. The second-order valence-corrected chi connectivity index (χ2v) is 9.19. The van der Waals surface area contributed by atoms with Crippen molar-refractivity contribution in [1.29, 1.82) is 0 Å². The Balaban J connectivity index is 1.52. The number of imidazole rings is 1. The number of amides is 1. The van der Waals surface area contributed by atoms with Crippen LogP contribution in [0.15, 0.2) is 83.0 Å². The molecular weight excluding hydrogens is 471 g/mol. The summed E-state index contributed by atoms with van der Waals surface area (Å²) in [6.45, 7) is 0.119. The summed E-state index contributed by atoms with van der Waals surface area (Å²) in [5.74, 6) is -1.10. The minimum Gasteiger partial charge on any atom is -0.495 e. The number of hydrogen-bond donors (Lipinski definition) is 1. The molecular formula is C23H18F3N3O4S. The van der Waals surface area contributed by atoms with Gasteiger partial charge in [0, 0.05) is 25.1 Å². The molecule has 2 aromatic carbocycles. The number of carbonyl (C=O) groups excluding carboxylic acids is 1. The number of nitrogens with zero attached hydrogens (tertiary/aromatic N) is 2. The third-order valence-electron chi connectivity index (χ3n) is 5.12. The Hall–Kier alpha value is -3.86. The average Bonchev–Trinajstić information content (AvgIpc) is 3.29. The topological polar surface area (TPSA) is 89.8 Å². The molecule has 176 valence electrons. The maximum atomic E-state index is 13.3. The van der Waals surface area contributed by atoms with E-state index in [0.717, 1.165) is 25.3 Å². The summed E-state index contributed by atoms with van der Waals surface area (Å²) in [6, 6.07) is 11.7. The Labute approximate surface area is 192 Å². The lowest BCUT2D eigenvalue weighted by Gasteiger charge is -2.16. The van der Waals surface area contributed by atoms with Gasteiger partial charge < -0.3 is 14.5 Å². The van der Waals surface area contributed by atoms with Crippen LogP contribution in [0.1, 0.15) is 21.5 Å². The molecule has 1 N–H and O–H groups in total. The van der Waals surface area contributed by atoms with E-state index in [1.54, 1.807) is 35.1 Å². The van der Waals surface area contributed by atoms with Gasteiger partial charge in [0.15, 0.2) is 0 Å². The summed E-state index contributed by atoms with van der Waals surface area (Å²) in [4.78, 5) is 15.8. The van der Waals surface area contributed by atoms with Crippen LogP contribution in [0.5, 0.6) is 5.75 Å². The fraction of sp³-hybridized carbons (Fsp3) is 0.130. The van der Waals surface area contributed by atoms with Crippen LogP contribution in [-0.2, 0) is 22.6 Å². The number of sulfone groups is 1. The van der Waals surface area contributed by atoms with Crippen LogP contribution in [0.3, 0.4) is 0 Å². The quantitative estimate of drug-likeness (QED) is 0.440. The number of nitrogens with one attached hydrogen (secondary N) is 1. The van der Waals surface area contributed by atoms with Crippen LogP contribution >= 0.6 is 0 Å². The highest BCUT2D eigenvalue weighted by molar-refractivity contribution is 7.91. The largest absolute Gasteiger partial charge is 0.495 e. The van der Waals surface area contributed by atoms with Gasteiger partial charge in [0.1, 0.15) is 16.3 Å². The van der Waals surface area contributed by atoms with Gasteiger partial charge in [0.2, 0.25) is 9.84 Å². The molecule has 0 radical (unpaired) electrons. The molecule has 0 bridgehead atoms. The number of hydrogen-bond acceptors (Lipinski definition) is 5. The molecule has 2 aromatic heterocycles. The number of ether oxygens (including phenoxy) is 1. The maximum absolute atomic E-state index is 13.3. The summed E-state index contributed by atoms with van der Waals surface area (Å²) < 4.78 is 72.4. The number of halogens is 3. The molecule has 0 atom stereocenters. The summed E-state index contributed by atoms with van der Waals surface area (Å²) >= 11 is 0. The van der Waals surface area contributed by atoms with Crippen LogP contribution in [-0.4, -0.2) is 30.8 Å². The molecule has 1 amide bonds. The molecule has 2 heterocycles. The van der Waals surface area contributed by atoms with Crippen molar-refractivity contribution in [1.82, 2.24) is 14.7 Å². The highest BCUT2D eigenvalue weighted by atomic mass is 32.2. The van der Waals surface area contributed by atoms with E-state index in [0.29, 0.717) is 16.8 Å². The van der Waals surface area contributed by atoms with Crippen molar-refractivity contribution in [3.63, 3.8) is 0 Å². The van der Waals surface area contributed by atoms with E-state index in [4.69, 9.17) is 4.74 Å². The second-order valence-electron chi connectivity index (χ2n) is 7.28. The van der Waals surface area contributed by atoms with Crippen molar-refractivity contribution in [2.75, 3.05) is 7.11 Å². The van der Waals surface area contributed by atoms with Gasteiger partial charge in [-0.15, -0.1) is 0 Å². The predicted molar refractivity (Wildman–Crippen MR) is 116 cm³/mol. The molecule has 4 aromatic rings. The van der Waals surface area contributed by atoms with Gasteiger partial charge in [0.05, 0.1) is 23.1 Å². The van der Waals surface area contributed by atoms with Crippen molar-refractivity contribution < 1.29 is 31.1 Å². The molecule has 0 aliphatic rings. The molecule has 34 heavy (non-hydrogen) atoms. The van der Waals surface area contributed by atoms with Gasteiger partial charge in [-0.3, -0.25) is 4.79 Å². The van der Waals surface area contributed by atoms with Gasteiger partial charge >= 0.3 is 6.18 Å². The van der Waals surface area contributed by atoms with Gasteiger partial charge in [0.25, 0.3) is 5.91 Å². The lowest BCUT2D eigenvalue weighted by Crippen LogP contribution is -2.23. The fourth-order valence-corrected chi connectivity index (χ4v) is 4.86. The minimum atomic E-state index is -4.78. The van der Waals surface area contributed by atoms with Crippen molar-refractivity contribution in [2.24, 2.45) is 0 Å². The maximum Gasteiger partial charge on any atom is 0.420 e. The van der Waals surface area contributed by atoms with Gasteiger partial charge in [-0.05, 0) is 42.0 Å². The first kappa shape index (κ1) is 23.3. The number of para-hydroxylation sites is 1. The third kappa shape index (κ3) is 4.46. The second kappa shape index (κ2) is 8.82. The summed E-state index contributed by atoms with van der Waals surface area (Å²) in [5, 5.41) is 2.74. The third-order valence-corrected chi connectivity index (χ3v) is 6.91. The molecule has 0 saturated carbocycles. The zero-order valence-corrected chi connectivity index (χ0v) is 18.5. The Morgan fingerprint density at radius 1 is 1.09 bits per heavy atom. The number of aromatic nitrogens is 2. The van der Waals surface area contributed by atoms with Crippen LogP contribution in [0.4, 0.5) is 13.2 Å². The summed E-state index contributed by atoms with van der Waals surface area (Å²) in [6.07, 6.45) is 0.184. The molecule has 7 nitrogen and oxygen atoms in total. The lowest BCUT2D eigenvalue weighted by molar-refractivity contribution is -0.139. The van der Waals surface area contributed by atoms with Gasteiger partial charge in [-0.2, -0.15) is 13.2 Å². The Morgan fingerprint density at radius 2 is 1.82 bits per heavy atom. The van der Waals surface area contributed by atoms with Gasteiger partial charge in [-0.1, -0.05) is 18.2 Å². The van der Waals surface area contributed by atoms with E-state index in [1.807, 2.05) is 0 Å². The lowest BCUT2D eigenvalue weighted by atomic mass is 10.2. The number of alkyl halides is 3. The number of benzene rings is 2. The number of rotatable bonds is 6. The monoisotopic (exact) mass is 489 g/mol. The van der Waals surface area contributed by atoms with Crippen LogP contribution in [0, 0.1) is 0 Å². The van der Waals surface area contributed by atoms with E-state index < -0.39 is 32.2 Å². The van der Waals surface area contributed by atoms with Crippen molar-refractivity contribution in [2.45, 2.75) is 22.5 Å². The molecule has 0 spiro atoms. The SMILES string of the molecule is COc1c(C(F)(F)F)cccc1S(=O)(=O)c1ccc(CNC(=O)c2ccc3nccn3c2)cc1. The first-order valence-corrected chi connectivity index (χ1v) is 11.4. The van der Waals surface area contributed by atoms with Crippen molar-refractivity contribution in [3.05, 3.63) is 89.9 Å². The first-order chi connectivity index (χ1) is 16.1. The molecule has 4 rings (SSSR count). The number of carbonyl (C=O) groups is 1. The average molecular weight is 489 g/mol. The Morgan fingerprint density at radius 3 is 2.50 bits per heavy atom. The van der Waals surface area contributed by atoms with E-state index in [1.165, 1.54) is 24.3 Å². The van der Waals surface area contributed by atoms with E-state index in [2.05, 4.69) is 10.3 Å². The molecule has 0 fully saturated rings. The van der Waals surface area contributed by atoms with E-state index in [9.17, 15) is 26.4 Å². The zero-order valence-electron chi connectivity index (χ0n) is 17.7. The van der Waals surface area contributed by atoms with Gasteiger partial charge in [-0.25, -0.2) is 13.4 Å². The molecule has 0 aliphatic heterocycles. The molecule has 11 heteroatoms.